The van der Waals surface area contributed by atoms with Crippen LogP contribution in [0.5, 0.6) is 0 Å². The van der Waals surface area contributed by atoms with Gasteiger partial charge in [0.1, 0.15) is 5.54 Å². The third-order valence-electron chi connectivity index (χ3n) is 5.60. The van der Waals surface area contributed by atoms with Crippen LogP contribution in [0.2, 0.25) is 5.02 Å². The first-order valence-corrected chi connectivity index (χ1v) is 9.34. The van der Waals surface area contributed by atoms with Crippen LogP contribution in [-0.2, 0) is 11.3 Å². The number of guanidine groups is 1. The number of fused-ring (bicyclic) bond motifs is 1. The van der Waals surface area contributed by atoms with Gasteiger partial charge in [-0.1, -0.05) is 23.7 Å². The van der Waals surface area contributed by atoms with Gasteiger partial charge in [-0.3, -0.25) is 15.0 Å². The quantitative estimate of drug-likeness (QED) is 0.850. The second-order valence-corrected chi connectivity index (χ2v) is 7.89. The monoisotopic (exact) mass is 373 g/mol. The molecule has 1 amide bonds. The number of carbonyl (C=O) groups excluding carboxylic acids is 1. The van der Waals surface area contributed by atoms with Crippen molar-refractivity contribution >= 4 is 34.4 Å². The first-order chi connectivity index (χ1) is 12.4. The fourth-order valence-electron chi connectivity index (χ4n) is 3.88. The Kier molecular flexibility index (Phi) is 4.20. The number of hydrogen-bond donors (Lipinski definition) is 2. The number of nitrogens with one attached hydrogen (secondary N) is 2. The maximum atomic E-state index is 12.4. The molecule has 1 aromatic heterocycles. The summed E-state index contributed by atoms with van der Waals surface area (Å²) in [7, 11) is 3.80. The van der Waals surface area contributed by atoms with Crippen LogP contribution in [0, 0.1) is 6.92 Å². The Morgan fingerprint density at radius 3 is 2.65 bits per heavy atom. The Labute approximate surface area is 158 Å². The lowest BCUT2D eigenvalue weighted by atomic mass is 9.88. The van der Waals surface area contributed by atoms with Crippen molar-refractivity contribution in [1.82, 2.24) is 20.1 Å². The highest BCUT2D eigenvalue weighted by atomic mass is 35.5. The number of nitrogens with zero attached hydrogens (tertiary/aromatic N) is 3. The first-order valence-electron chi connectivity index (χ1n) is 8.96. The summed E-state index contributed by atoms with van der Waals surface area (Å²) < 4.78 is 0. The molecule has 6 nitrogen and oxygen atoms in total. The minimum atomic E-state index is -0.588. The van der Waals surface area contributed by atoms with Crippen molar-refractivity contribution in [2.24, 2.45) is 4.99 Å². The molecule has 138 valence electrons. The van der Waals surface area contributed by atoms with Crippen molar-refractivity contribution in [2.75, 3.05) is 27.2 Å². The van der Waals surface area contributed by atoms with E-state index in [0.717, 1.165) is 43.0 Å². The molecule has 7 heteroatoms. The smallest absolute Gasteiger partial charge is 0.254 e. The molecule has 1 fully saturated rings. The Hall–Kier alpha value is -2.05. The number of hydrogen-bond acceptors (Lipinski definition) is 4. The topological polar surface area (TPSA) is 63.7 Å². The molecule has 0 saturated carbocycles. The number of amides is 1. The maximum absolute atomic E-state index is 12.4. The molecule has 2 N–H and O–H groups in total. The van der Waals surface area contributed by atoms with Crippen LogP contribution < -0.4 is 5.32 Å². The number of likely N-dealkylation sites (tertiary alicyclic amines) is 1. The van der Waals surface area contributed by atoms with Crippen LogP contribution in [-0.4, -0.2) is 59.4 Å². The molecule has 2 aliphatic rings. The molecule has 0 radical (unpaired) electrons. The second-order valence-electron chi connectivity index (χ2n) is 7.48. The summed E-state index contributed by atoms with van der Waals surface area (Å²) in [5.41, 5.74) is 2.85. The van der Waals surface area contributed by atoms with Gasteiger partial charge in [-0.2, -0.15) is 0 Å². The van der Waals surface area contributed by atoms with Crippen LogP contribution >= 0.6 is 11.6 Å². The zero-order chi connectivity index (χ0) is 18.5. The summed E-state index contributed by atoms with van der Waals surface area (Å²) in [4.78, 5) is 24.9. The molecule has 0 atom stereocenters. The maximum Gasteiger partial charge on any atom is 0.254 e. The highest BCUT2D eigenvalue weighted by Crippen LogP contribution is 2.32. The Bertz CT molecular complexity index is 893. The van der Waals surface area contributed by atoms with Crippen molar-refractivity contribution < 1.29 is 4.79 Å². The number of H-pyrrole nitrogens is 1. The van der Waals surface area contributed by atoms with E-state index in [4.69, 9.17) is 16.6 Å². The van der Waals surface area contributed by atoms with Crippen molar-refractivity contribution in [3.05, 3.63) is 34.5 Å². The van der Waals surface area contributed by atoms with E-state index >= 15 is 0 Å². The molecule has 1 aromatic carbocycles. The number of carbonyl (C=O) groups is 1. The summed E-state index contributed by atoms with van der Waals surface area (Å²) in [5, 5.41) is 4.84. The van der Waals surface area contributed by atoms with Gasteiger partial charge in [0, 0.05) is 44.8 Å². The molecule has 1 spiro atoms. The molecular formula is C19H24ClN5O. The highest BCUT2D eigenvalue weighted by Gasteiger charge is 2.46. The average Bonchev–Trinajstić information content (AvgIpc) is 3.10. The highest BCUT2D eigenvalue weighted by molar-refractivity contribution is 6.35. The van der Waals surface area contributed by atoms with E-state index in [2.05, 4.69) is 28.2 Å². The zero-order valence-corrected chi connectivity index (χ0v) is 16.2. The van der Waals surface area contributed by atoms with E-state index in [1.807, 2.05) is 31.1 Å². The lowest BCUT2D eigenvalue weighted by molar-refractivity contribution is -0.125. The normalized spacial score (nSPS) is 19.8. The first kappa shape index (κ1) is 17.4. The van der Waals surface area contributed by atoms with E-state index < -0.39 is 5.54 Å². The van der Waals surface area contributed by atoms with Crippen molar-refractivity contribution in [1.29, 1.82) is 0 Å². The Morgan fingerprint density at radius 1 is 1.31 bits per heavy atom. The molecule has 4 rings (SSSR count). The van der Waals surface area contributed by atoms with Gasteiger partial charge in [0.2, 0.25) is 5.96 Å². The van der Waals surface area contributed by atoms with Gasteiger partial charge in [0.05, 0.1) is 10.5 Å². The lowest BCUT2D eigenvalue weighted by Gasteiger charge is -2.35. The number of aromatic amines is 1. The minimum Gasteiger partial charge on any atom is -0.356 e. The lowest BCUT2D eigenvalue weighted by Crippen LogP contribution is -2.49. The molecule has 0 bridgehead atoms. The van der Waals surface area contributed by atoms with Gasteiger partial charge in [-0.15, -0.1) is 0 Å². The van der Waals surface area contributed by atoms with Crippen LogP contribution in [0.15, 0.2) is 23.2 Å². The van der Waals surface area contributed by atoms with Crippen LogP contribution in [0.4, 0.5) is 0 Å². The molecule has 3 heterocycles. The molecule has 0 unspecified atom stereocenters. The Morgan fingerprint density at radius 2 is 2.04 bits per heavy atom. The molecule has 2 aromatic rings. The molecule has 1 saturated heterocycles. The van der Waals surface area contributed by atoms with E-state index in [1.54, 1.807) is 0 Å². The molecular weight excluding hydrogens is 350 g/mol. The average molecular weight is 374 g/mol. The zero-order valence-electron chi connectivity index (χ0n) is 15.4. The van der Waals surface area contributed by atoms with Crippen LogP contribution in [0.1, 0.15) is 24.1 Å². The SMILES string of the molecule is Cc1c(CN2CCC3(CC2)N=C(N(C)C)NC3=O)[nH]c2c(Cl)cccc12. The third-order valence-corrected chi connectivity index (χ3v) is 5.92. The van der Waals surface area contributed by atoms with Crippen LogP contribution in [0.3, 0.4) is 0 Å². The predicted octanol–water partition coefficient (Wildman–Crippen LogP) is 2.51. The summed E-state index contributed by atoms with van der Waals surface area (Å²) in [6, 6.07) is 5.99. The van der Waals surface area contributed by atoms with Gasteiger partial charge < -0.3 is 9.88 Å². The van der Waals surface area contributed by atoms with Gasteiger partial charge in [-0.05, 0) is 31.4 Å². The fraction of sp³-hybridized carbons (Fsp3) is 0.474. The van der Waals surface area contributed by atoms with Crippen molar-refractivity contribution in [2.45, 2.75) is 31.8 Å². The summed E-state index contributed by atoms with van der Waals surface area (Å²) in [5.74, 6) is 0.707. The van der Waals surface area contributed by atoms with Crippen LogP contribution in [0.25, 0.3) is 10.9 Å². The number of aromatic nitrogens is 1. The van der Waals surface area contributed by atoms with Gasteiger partial charge in [0.15, 0.2) is 0 Å². The summed E-state index contributed by atoms with van der Waals surface area (Å²) in [6.45, 7) is 4.66. The van der Waals surface area contributed by atoms with Gasteiger partial charge >= 0.3 is 0 Å². The molecule has 0 aliphatic carbocycles. The largest absolute Gasteiger partial charge is 0.356 e. The minimum absolute atomic E-state index is 0.0365. The number of aliphatic imine (C=N–C) groups is 1. The number of aryl methyl sites for hydroxylation is 1. The van der Waals surface area contributed by atoms with Gasteiger partial charge in [-0.25, -0.2) is 4.99 Å². The predicted molar refractivity (Wildman–Crippen MR) is 105 cm³/mol. The summed E-state index contributed by atoms with van der Waals surface area (Å²) >= 11 is 6.31. The number of halogens is 1. The Balaban J connectivity index is 1.49. The number of piperidine rings is 1. The number of benzene rings is 1. The van der Waals surface area contributed by atoms with E-state index in [-0.39, 0.29) is 5.91 Å². The third kappa shape index (κ3) is 2.77. The standard InChI is InChI=1S/C19H24ClN5O/c1-12-13-5-4-6-14(20)16(13)21-15(12)11-25-9-7-19(8-10-25)17(26)22-18(23-19)24(2)3/h4-6,21H,7-11H2,1-3H3,(H,22,23,26). The van der Waals surface area contributed by atoms with Gasteiger partial charge in [0.25, 0.3) is 5.91 Å². The summed E-state index contributed by atoms with van der Waals surface area (Å²) in [6.07, 6.45) is 1.49. The fourth-order valence-corrected chi connectivity index (χ4v) is 4.11. The molecule has 26 heavy (non-hydrogen) atoms. The van der Waals surface area contributed by atoms with Crippen molar-refractivity contribution in [3.8, 4) is 0 Å². The number of para-hydroxylation sites is 1. The number of rotatable bonds is 2. The van der Waals surface area contributed by atoms with E-state index in [0.29, 0.717) is 5.96 Å². The van der Waals surface area contributed by atoms with E-state index in [1.165, 1.54) is 16.6 Å². The van der Waals surface area contributed by atoms with E-state index in [9.17, 15) is 4.79 Å². The van der Waals surface area contributed by atoms with Crippen molar-refractivity contribution in [3.63, 3.8) is 0 Å². The second kappa shape index (κ2) is 6.28. The molecule has 2 aliphatic heterocycles.